The molecule has 0 atom stereocenters. The van der Waals surface area contributed by atoms with Crippen molar-refractivity contribution in [3.8, 4) is 5.75 Å². The molecule has 0 spiro atoms. The van der Waals surface area contributed by atoms with Crippen molar-refractivity contribution in [3.05, 3.63) is 65.2 Å². The number of carbonyl (C=O) groups excluding carboxylic acids is 3. The first kappa shape index (κ1) is 19.4. The van der Waals surface area contributed by atoms with Gasteiger partial charge in [0.15, 0.2) is 0 Å². The summed E-state index contributed by atoms with van der Waals surface area (Å²) in [6, 6.07) is 14.1. The van der Waals surface area contributed by atoms with Crippen LogP contribution < -0.4 is 9.84 Å². The maximum Gasteiger partial charge on any atom is 0.261 e. The predicted octanol–water partition coefficient (Wildman–Crippen LogP) is 2.14. The lowest BCUT2D eigenvalue weighted by Crippen LogP contribution is -2.43. The van der Waals surface area contributed by atoms with Crippen LogP contribution in [-0.4, -0.2) is 35.8 Å². The quantitative estimate of drug-likeness (QED) is 0.544. The monoisotopic (exact) mass is 378 g/mol. The molecule has 6 nitrogen and oxygen atoms in total. The minimum atomic E-state index is -1.31. The summed E-state index contributed by atoms with van der Waals surface area (Å²) < 4.78 is 5.56. The maximum absolute atomic E-state index is 12.9. The highest BCUT2D eigenvalue weighted by Gasteiger charge is 2.34. The molecule has 1 aliphatic rings. The van der Waals surface area contributed by atoms with Crippen LogP contribution in [0, 0.1) is 0 Å². The number of hydrogen-bond acceptors (Lipinski definition) is 5. The van der Waals surface area contributed by atoms with Crippen LogP contribution in [0.5, 0.6) is 5.75 Å². The number of carboxylic acids is 1. The molecule has 1 aliphatic heterocycles. The molecule has 0 N–H and O–H groups in total. The smallest absolute Gasteiger partial charge is 0.261 e. The number of carbonyl (C=O) groups is 3. The first-order valence-electron chi connectivity index (χ1n) is 9.11. The lowest BCUT2D eigenvalue weighted by atomic mass is 9.92. The zero-order chi connectivity index (χ0) is 20.1. The fraction of sp³-hybridized carbons (Fsp3) is 0.227. The van der Waals surface area contributed by atoms with Crippen molar-refractivity contribution in [3.63, 3.8) is 0 Å². The molecule has 0 saturated heterocycles. The summed E-state index contributed by atoms with van der Waals surface area (Å²) in [5.41, 5.74) is 2.02. The van der Waals surface area contributed by atoms with Crippen LogP contribution in [0.2, 0.25) is 0 Å². The van der Waals surface area contributed by atoms with Gasteiger partial charge in [0.25, 0.3) is 11.8 Å². The number of fused-ring (bicyclic) bond motifs is 1. The summed E-state index contributed by atoms with van der Waals surface area (Å²) in [5.74, 6) is -1.59. The third-order valence-corrected chi connectivity index (χ3v) is 4.37. The van der Waals surface area contributed by atoms with Crippen molar-refractivity contribution in [1.29, 1.82) is 0 Å². The van der Waals surface area contributed by atoms with Crippen molar-refractivity contribution < 1.29 is 24.2 Å². The molecule has 0 bridgehead atoms. The Morgan fingerprint density at radius 3 is 2.36 bits per heavy atom. The molecule has 2 amide bonds. The van der Waals surface area contributed by atoms with Crippen molar-refractivity contribution in [2.75, 3.05) is 13.2 Å². The predicted molar refractivity (Wildman–Crippen MR) is 102 cm³/mol. The SMILES string of the molecule is CCCOc1ccc(/C=C2\C(=O)N(CCC(=O)[O-])C(=O)c3ccccc32)cc1. The molecule has 0 fully saturated rings. The highest BCUT2D eigenvalue weighted by Crippen LogP contribution is 2.30. The zero-order valence-electron chi connectivity index (χ0n) is 15.5. The van der Waals surface area contributed by atoms with Crippen LogP contribution in [0.4, 0.5) is 0 Å². The van der Waals surface area contributed by atoms with Gasteiger partial charge >= 0.3 is 0 Å². The molecule has 1 heterocycles. The molecule has 0 unspecified atom stereocenters. The molecule has 3 rings (SSSR count). The normalized spacial score (nSPS) is 14.9. The average molecular weight is 378 g/mol. The van der Waals surface area contributed by atoms with Gasteiger partial charge in [-0.1, -0.05) is 37.3 Å². The van der Waals surface area contributed by atoms with E-state index in [1.165, 1.54) is 0 Å². The number of hydrogen-bond donors (Lipinski definition) is 0. The molecular weight excluding hydrogens is 358 g/mol. The van der Waals surface area contributed by atoms with Crippen molar-refractivity contribution in [2.24, 2.45) is 0 Å². The highest BCUT2D eigenvalue weighted by molar-refractivity contribution is 6.33. The Hall–Kier alpha value is -3.41. The first-order chi connectivity index (χ1) is 13.5. The van der Waals surface area contributed by atoms with Crippen LogP contribution in [0.3, 0.4) is 0 Å². The van der Waals surface area contributed by atoms with Gasteiger partial charge in [0.05, 0.1) is 6.61 Å². The topological polar surface area (TPSA) is 86.7 Å². The summed E-state index contributed by atoms with van der Waals surface area (Å²) in [5, 5.41) is 10.8. The molecule has 0 saturated carbocycles. The Labute approximate surface area is 163 Å². The van der Waals surface area contributed by atoms with E-state index in [1.54, 1.807) is 30.3 Å². The minimum absolute atomic E-state index is 0.227. The molecule has 0 radical (unpaired) electrons. The van der Waals surface area contributed by atoms with Crippen LogP contribution in [0.25, 0.3) is 11.6 Å². The number of ether oxygens (including phenoxy) is 1. The lowest BCUT2D eigenvalue weighted by molar-refractivity contribution is -0.305. The number of benzene rings is 2. The number of nitrogens with zero attached hydrogens (tertiary/aromatic N) is 1. The number of aliphatic carboxylic acids is 1. The minimum Gasteiger partial charge on any atom is -0.550 e. The van der Waals surface area contributed by atoms with Crippen LogP contribution >= 0.6 is 0 Å². The first-order valence-corrected chi connectivity index (χ1v) is 9.11. The van der Waals surface area contributed by atoms with E-state index in [1.807, 2.05) is 31.2 Å². The summed E-state index contributed by atoms with van der Waals surface area (Å²) in [4.78, 5) is 37.3. The molecule has 2 aromatic rings. The summed E-state index contributed by atoms with van der Waals surface area (Å²) in [6.07, 6.45) is 2.20. The maximum atomic E-state index is 12.9. The van der Waals surface area contributed by atoms with Gasteiger partial charge in [-0.3, -0.25) is 14.5 Å². The number of carboxylic acid groups (broad SMARTS) is 1. The van der Waals surface area contributed by atoms with Gasteiger partial charge < -0.3 is 14.6 Å². The molecule has 144 valence electrons. The van der Waals surface area contributed by atoms with Crippen LogP contribution in [0.1, 0.15) is 41.3 Å². The summed E-state index contributed by atoms with van der Waals surface area (Å²) in [7, 11) is 0. The lowest BCUT2D eigenvalue weighted by Gasteiger charge is -2.28. The second-order valence-electron chi connectivity index (χ2n) is 6.41. The zero-order valence-corrected chi connectivity index (χ0v) is 15.5. The van der Waals surface area contributed by atoms with Crippen molar-refractivity contribution >= 4 is 29.4 Å². The van der Waals surface area contributed by atoms with E-state index in [0.29, 0.717) is 23.3 Å². The van der Waals surface area contributed by atoms with Gasteiger partial charge in [0, 0.05) is 30.1 Å². The third-order valence-electron chi connectivity index (χ3n) is 4.37. The largest absolute Gasteiger partial charge is 0.550 e. The number of rotatable bonds is 7. The molecule has 0 aliphatic carbocycles. The Bertz CT molecular complexity index is 930. The third kappa shape index (κ3) is 4.11. The van der Waals surface area contributed by atoms with Gasteiger partial charge in [-0.2, -0.15) is 0 Å². The fourth-order valence-corrected chi connectivity index (χ4v) is 3.00. The molecule has 28 heavy (non-hydrogen) atoms. The fourth-order valence-electron chi connectivity index (χ4n) is 3.00. The van der Waals surface area contributed by atoms with E-state index in [4.69, 9.17) is 4.74 Å². The Balaban J connectivity index is 1.96. The van der Waals surface area contributed by atoms with Gasteiger partial charge in [-0.25, -0.2) is 0 Å². The molecular formula is C22H20NO5-. The van der Waals surface area contributed by atoms with E-state index in [2.05, 4.69) is 0 Å². The van der Waals surface area contributed by atoms with E-state index in [9.17, 15) is 19.5 Å². The van der Waals surface area contributed by atoms with Crippen molar-refractivity contribution in [2.45, 2.75) is 19.8 Å². The Kier molecular flexibility index (Phi) is 5.89. The average Bonchev–Trinajstić information content (AvgIpc) is 2.70. The molecule has 2 aromatic carbocycles. The molecule has 0 aromatic heterocycles. The summed E-state index contributed by atoms with van der Waals surface area (Å²) in [6.45, 7) is 2.43. The van der Waals surface area contributed by atoms with Crippen LogP contribution in [-0.2, 0) is 9.59 Å². The van der Waals surface area contributed by atoms with Gasteiger partial charge in [0.1, 0.15) is 5.75 Å². The highest BCUT2D eigenvalue weighted by atomic mass is 16.5. The Morgan fingerprint density at radius 2 is 1.71 bits per heavy atom. The standard InChI is InChI=1S/C22H21NO5/c1-2-13-28-16-9-7-15(8-10-16)14-19-17-5-3-4-6-18(17)21(26)23(22(19)27)12-11-20(24)25/h3-10,14H,2,11-13H2,1H3,(H,24,25)/p-1/b19-14-. The van der Waals surface area contributed by atoms with Crippen molar-refractivity contribution in [1.82, 2.24) is 4.90 Å². The number of amides is 2. The molecule has 6 heteroatoms. The van der Waals surface area contributed by atoms with Gasteiger partial charge in [-0.15, -0.1) is 0 Å². The summed E-state index contributed by atoms with van der Waals surface area (Å²) >= 11 is 0. The van der Waals surface area contributed by atoms with Gasteiger partial charge in [0.2, 0.25) is 0 Å². The van der Waals surface area contributed by atoms with Crippen LogP contribution in [0.15, 0.2) is 48.5 Å². The van der Waals surface area contributed by atoms with E-state index >= 15 is 0 Å². The second kappa shape index (κ2) is 8.52. The van der Waals surface area contributed by atoms with E-state index in [-0.39, 0.29) is 6.54 Å². The van der Waals surface area contributed by atoms with Gasteiger partial charge in [-0.05, 0) is 41.8 Å². The number of imide groups is 1. The van der Waals surface area contributed by atoms with E-state index in [0.717, 1.165) is 22.6 Å². The second-order valence-corrected chi connectivity index (χ2v) is 6.41. The van der Waals surface area contributed by atoms with E-state index < -0.39 is 24.2 Å². The Morgan fingerprint density at radius 1 is 1.04 bits per heavy atom.